The Balaban J connectivity index is 1.44. The SMILES string of the molecule is NC(=O)c1ccc(NC(=O)c2nnc3cnc(N4CCC[C@@H]4c4cc(F)ccc4F)cn23)cc1. The van der Waals surface area contributed by atoms with E-state index in [4.69, 9.17) is 5.73 Å². The molecule has 11 heteroatoms. The number of halogens is 2. The van der Waals surface area contributed by atoms with E-state index in [1.165, 1.54) is 28.8 Å². The Hall–Kier alpha value is -4.41. The maximum absolute atomic E-state index is 14.4. The number of aromatic nitrogens is 4. The lowest BCUT2D eigenvalue weighted by Crippen LogP contribution is -2.25. The molecule has 5 rings (SSSR count). The number of rotatable bonds is 5. The summed E-state index contributed by atoms with van der Waals surface area (Å²) in [5, 5.41) is 10.7. The van der Waals surface area contributed by atoms with Gasteiger partial charge in [-0.2, -0.15) is 0 Å². The first-order valence-electron chi connectivity index (χ1n) is 10.5. The molecule has 9 nitrogen and oxygen atoms in total. The van der Waals surface area contributed by atoms with Crippen molar-refractivity contribution in [3.8, 4) is 0 Å². The molecule has 2 aromatic carbocycles. The van der Waals surface area contributed by atoms with Crippen molar-refractivity contribution in [3.63, 3.8) is 0 Å². The fourth-order valence-electron chi connectivity index (χ4n) is 4.13. The molecule has 1 fully saturated rings. The Bertz CT molecular complexity index is 1400. The summed E-state index contributed by atoms with van der Waals surface area (Å²) in [6, 6.07) is 9.13. The van der Waals surface area contributed by atoms with Crippen molar-refractivity contribution < 1.29 is 18.4 Å². The number of amides is 2. The maximum Gasteiger partial charge on any atom is 0.293 e. The van der Waals surface area contributed by atoms with Crippen molar-refractivity contribution in [2.45, 2.75) is 18.9 Å². The molecule has 2 amide bonds. The van der Waals surface area contributed by atoms with Crippen LogP contribution in [-0.4, -0.2) is 37.9 Å². The molecular formula is C23H19F2N7O2. The summed E-state index contributed by atoms with van der Waals surface area (Å²) in [4.78, 5) is 30.4. The lowest BCUT2D eigenvalue weighted by Gasteiger charge is -2.26. The van der Waals surface area contributed by atoms with Gasteiger partial charge in [-0.15, -0.1) is 10.2 Å². The summed E-state index contributed by atoms with van der Waals surface area (Å²) < 4.78 is 29.7. The second-order valence-electron chi connectivity index (χ2n) is 7.91. The van der Waals surface area contributed by atoms with Gasteiger partial charge in [0.1, 0.15) is 17.5 Å². The van der Waals surface area contributed by atoms with Gasteiger partial charge in [-0.1, -0.05) is 0 Å². The molecule has 0 unspecified atom stereocenters. The minimum atomic E-state index is -0.570. The van der Waals surface area contributed by atoms with Gasteiger partial charge in [-0.25, -0.2) is 13.8 Å². The van der Waals surface area contributed by atoms with Crippen molar-refractivity contribution in [1.29, 1.82) is 0 Å². The first-order chi connectivity index (χ1) is 16.4. The standard InChI is InChI=1S/C23H19F2N7O2/c24-14-5-8-17(25)16(10-14)18-2-1-9-31(18)20-12-32-19(11-27-20)29-30-22(32)23(34)28-15-6-3-13(4-7-15)21(26)33/h3-8,10-12,18H,1-2,9H2,(H2,26,33)(H,28,34)/t18-/m1/s1. The van der Waals surface area contributed by atoms with Crippen molar-refractivity contribution in [2.24, 2.45) is 5.73 Å². The van der Waals surface area contributed by atoms with Gasteiger partial charge < -0.3 is 16.0 Å². The number of hydrogen-bond donors (Lipinski definition) is 2. The van der Waals surface area contributed by atoms with Gasteiger partial charge in [0.15, 0.2) is 5.65 Å². The van der Waals surface area contributed by atoms with Crippen LogP contribution in [0.5, 0.6) is 0 Å². The number of nitrogens with one attached hydrogen (secondary N) is 1. The van der Waals surface area contributed by atoms with Crippen LogP contribution in [0.25, 0.3) is 5.65 Å². The van der Waals surface area contributed by atoms with Crippen LogP contribution in [0, 0.1) is 11.6 Å². The normalized spacial score (nSPS) is 15.6. The van der Waals surface area contributed by atoms with Gasteiger partial charge in [0.05, 0.1) is 18.4 Å². The molecule has 3 N–H and O–H groups in total. The third-order valence-electron chi connectivity index (χ3n) is 5.77. The van der Waals surface area contributed by atoms with Gasteiger partial charge in [-0.3, -0.25) is 14.0 Å². The topological polar surface area (TPSA) is 119 Å². The molecule has 1 atom stereocenters. The van der Waals surface area contributed by atoms with Crippen LogP contribution < -0.4 is 16.0 Å². The second kappa shape index (κ2) is 8.50. The van der Waals surface area contributed by atoms with E-state index in [1.54, 1.807) is 18.3 Å². The van der Waals surface area contributed by atoms with Crippen molar-refractivity contribution >= 4 is 29.0 Å². The lowest BCUT2D eigenvalue weighted by molar-refractivity contribution is 0.0997. The van der Waals surface area contributed by atoms with Gasteiger partial charge in [0, 0.05) is 23.4 Å². The van der Waals surface area contributed by atoms with Crippen LogP contribution in [-0.2, 0) is 0 Å². The van der Waals surface area contributed by atoms with Crippen LogP contribution in [0.2, 0.25) is 0 Å². The van der Waals surface area contributed by atoms with Crippen LogP contribution in [0.3, 0.4) is 0 Å². The minimum Gasteiger partial charge on any atom is -0.366 e. The molecular weight excluding hydrogens is 444 g/mol. The first-order valence-corrected chi connectivity index (χ1v) is 10.5. The molecule has 1 saturated heterocycles. The van der Waals surface area contributed by atoms with E-state index in [2.05, 4.69) is 20.5 Å². The Morgan fingerprint density at radius 1 is 1.09 bits per heavy atom. The summed E-state index contributed by atoms with van der Waals surface area (Å²) in [6.45, 7) is 0.592. The fraction of sp³-hybridized carbons (Fsp3) is 0.174. The van der Waals surface area contributed by atoms with Crippen LogP contribution >= 0.6 is 0 Å². The van der Waals surface area contributed by atoms with Crippen molar-refractivity contribution in [3.05, 3.63) is 83.4 Å². The maximum atomic E-state index is 14.4. The van der Waals surface area contributed by atoms with E-state index in [1.807, 2.05) is 4.90 Å². The average molecular weight is 463 g/mol. The monoisotopic (exact) mass is 463 g/mol. The second-order valence-corrected chi connectivity index (χ2v) is 7.91. The Morgan fingerprint density at radius 3 is 2.65 bits per heavy atom. The fourth-order valence-corrected chi connectivity index (χ4v) is 4.13. The van der Waals surface area contributed by atoms with Crippen molar-refractivity contribution in [1.82, 2.24) is 19.6 Å². The minimum absolute atomic E-state index is 0.0188. The summed E-state index contributed by atoms with van der Waals surface area (Å²) in [5.74, 6) is -1.58. The van der Waals surface area contributed by atoms with E-state index in [0.717, 1.165) is 18.6 Å². The Labute approximate surface area is 192 Å². The predicted molar refractivity (Wildman–Crippen MR) is 119 cm³/mol. The number of fused-ring (bicyclic) bond motifs is 1. The quantitative estimate of drug-likeness (QED) is 0.470. The first kappa shape index (κ1) is 21.4. The Morgan fingerprint density at radius 2 is 1.88 bits per heavy atom. The number of carbonyl (C=O) groups excluding carboxylic acids is 2. The van der Waals surface area contributed by atoms with Crippen molar-refractivity contribution in [2.75, 3.05) is 16.8 Å². The van der Waals surface area contributed by atoms with Crippen LogP contribution in [0.1, 0.15) is 45.4 Å². The van der Waals surface area contributed by atoms with E-state index in [-0.39, 0.29) is 11.4 Å². The zero-order chi connectivity index (χ0) is 23.8. The smallest absolute Gasteiger partial charge is 0.293 e. The van der Waals surface area contributed by atoms with Crippen LogP contribution in [0.15, 0.2) is 54.9 Å². The summed E-state index contributed by atoms with van der Waals surface area (Å²) in [6.07, 6.45) is 4.49. The van der Waals surface area contributed by atoms with E-state index in [9.17, 15) is 18.4 Å². The lowest BCUT2D eigenvalue weighted by atomic mass is 10.0. The molecule has 0 aliphatic carbocycles. The number of nitrogens with zero attached hydrogens (tertiary/aromatic N) is 5. The van der Waals surface area contributed by atoms with Crippen LogP contribution in [0.4, 0.5) is 20.3 Å². The molecule has 1 aliphatic rings. The predicted octanol–water partition coefficient (Wildman–Crippen LogP) is 3.10. The van der Waals surface area contributed by atoms with Gasteiger partial charge >= 0.3 is 0 Å². The number of benzene rings is 2. The summed E-state index contributed by atoms with van der Waals surface area (Å²) in [7, 11) is 0. The molecule has 2 aromatic heterocycles. The third-order valence-corrected chi connectivity index (χ3v) is 5.77. The third kappa shape index (κ3) is 3.91. The number of anilines is 2. The summed E-state index contributed by atoms with van der Waals surface area (Å²) in [5.41, 5.74) is 6.62. The summed E-state index contributed by atoms with van der Waals surface area (Å²) >= 11 is 0. The van der Waals surface area contributed by atoms with E-state index >= 15 is 0 Å². The highest BCUT2D eigenvalue weighted by molar-refractivity contribution is 6.02. The molecule has 34 heavy (non-hydrogen) atoms. The highest BCUT2D eigenvalue weighted by atomic mass is 19.1. The molecule has 0 saturated carbocycles. The molecule has 1 aliphatic heterocycles. The molecule has 0 radical (unpaired) electrons. The highest BCUT2D eigenvalue weighted by Crippen LogP contribution is 2.36. The van der Waals surface area contributed by atoms with Gasteiger partial charge in [0.2, 0.25) is 11.7 Å². The zero-order valence-electron chi connectivity index (χ0n) is 17.8. The number of carbonyl (C=O) groups is 2. The van der Waals surface area contributed by atoms with Gasteiger partial charge in [0.25, 0.3) is 5.91 Å². The number of nitrogens with two attached hydrogens (primary N) is 1. The molecule has 0 bridgehead atoms. The molecule has 4 aromatic rings. The van der Waals surface area contributed by atoms with Gasteiger partial charge in [-0.05, 0) is 55.3 Å². The van der Waals surface area contributed by atoms with E-state index < -0.39 is 29.5 Å². The highest BCUT2D eigenvalue weighted by Gasteiger charge is 2.30. The number of hydrogen-bond acceptors (Lipinski definition) is 6. The van der Waals surface area contributed by atoms with E-state index in [0.29, 0.717) is 35.7 Å². The average Bonchev–Trinajstić information content (AvgIpc) is 3.48. The molecule has 3 heterocycles. The zero-order valence-corrected chi connectivity index (χ0v) is 17.8. The largest absolute Gasteiger partial charge is 0.366 e. The number of primary amides is 1. The Kier molecular flexibility index (Phi) is 5.36. The molecule has 0 spiro atoms. The molecule has 172 valence electrons.